The van der Waals surface area contributed by atoms with Crippen molar-refractivity contribution in [2.45, 2.75) is 19.6 Å². The molecule has 3 rings (SSSR count). The molecule has 0 aliphatic heterocycles. The van der Waals surface area contributed by atoms with Crippen LogP contribution in [0.15, 0.2) is 65.5 Å². The second-order valence-electron chi connectivity index (χ2n) is 5.77. The zero-order chi connectivity index (χ0) is 17.5. The summed E-state index contributed by atoms with van der Waals surface area (Å²) >= 11 is 0. The minimum absolute atomic E-state index is 0.726. The second-order valence-corrected chi connectivity index (χ2v) is 5.77. The average molecular weight is 338 g/mol. The topological polar surface area (TPSA) is 47.7 Å². The Kier molecular flexibility index (Phi) is 5.69. The number of benzene rings is 1. The first-order valence-electron chi connectivity index (χ1n) is 8.13. The number of hydrogen-bond donors (Lipinski definition) is 0. The fraction of sp³-hybridized carbons (Fsp3) is 0.250. The number of pyridine rings is 1. The van der Waals surface area contributed by atoms with Crippen molar-refractivity contribution in [2.75, 3.05) is 14.2 Å². The third-order valence-electron chi connectivity index (χ3n) is 3.97. The number of rotatable bonds is 8. The van der Waals surface area contributed by atoms with E-state index in [1.807, 2.05) is 48.8 Å². The summed E-state index contributed by atoms with van der Waals surface area (Å²) in [6.07, 6.45) is 5.34. The van der Waals surface area contributed by atoms with Crippen LogP contribution in [0.4, 0.5) is 0 Å². The maximum absolute atomic E-state index is 5.52. The van der Waals surface area contributed by atoms with Gasteiger partial charge in [-0.25, -0.2) is 0 Å². The third kappa shape index (κ3) is 4.61. The van der Waals surface area contributed by atoms with Gasteiger partial charge in [-0.3, -0.25) is 9.88 Å². The van der Waals surface area contributed by atoms with E-state index in [2.05, 4.69) is 16.0 Å². The second kappa shape index (κ2) is 8.35. The van der Waals surface area contributed by atoms with E-state index in [0.717, 1.165) is 42.5 Å². The quantitative estimate of drug-likeness (QED) is 0.623. The number of methoxy groups -OCH3 is 2. The van der Waals surface area contributed by atoms with Gasteiger partial charge in [-0.1, -0.05) is 6.07 Å². The number of aromatic nitrogens is 1. The zero-order valence-electron chi connectivity index (χ0n) is 14.5. The van der Waals surface area contributed by atoms with Crippen molar-refractivity contribution in [1.29, 1.82) is 0 Å². The summed E-state index contributed by atoms with van der Waals surface area (Å²) < 4.78 is 16.3. The molecule has 0 bridgehead atoms. The molecule has 2 aromatic heterocycles. The Balaban J connectivity index is 1.79. The van der Waals surface area contributed by atoms with Crippen LogP contribution in [0.1, 0.15) is 16.9 Å². The predicted molar refractivity (Wildman–Crippen MR) is 95.4 cm³/mol. The molecule has 0 radical (unpaired) electrons. The normalized spacial score (nSPS) is 10.8. The number of furan rings is 1. The largest absolute Gasteiger partial charge is 0.493 e. The van der Waals surface area contributed by atoms with Crippen LogP contribution in [0.5, 0.6) is 11.5 Å². The SMILES string of the molecule is COc1ccc(CN(Cc2ccncc2)Cc2ccco2)cc1OC. The van der Waals surface area contributed by atoms with Crippen LogP contribution in [0.25, 0.3) is 0 Å². The summed E-state index contributed by atoms with van der Waals surface area (Å²) in [5.41, 5.74) is 2.36. The minimum Gasteiger partial charge on any atom is -0.493 e. The molecule has 2 heterocycles. The molecule has 1 aromatic carbocycles. The van der Waals surface area contributed by atoms with E-state index in [1.54, 1.807) is 20.5 Å². The molecule has 0 N–H and O–H groups in total. The Hall–Kier alpha value is -2.79. The lowest BCUT2D eigenvalue weighted by molar-refractivity contribution is 0.226. The van der Waals surface area contributed by atoms with Gasteiger partial charge in [-0.15, -0.1) is 0 Å². The van der Waals surface area contributed by atoms with Crippen molar-refractivity contribution in [3.8, 4) is 11.5 Å². The summed E-state index contributed by atoms with van der Waals surface area (Å²) in [7, 11) is 3.30. The standard InChI is InChI=1S/C20H22N2O3/c1-23-19-6-5-17(12-20(19)24-2)14-22(15-18-4-3-11-25-18)13-16-7-9-21-10-8-16/h3-12H,13-15H2,1-2H3. The smallest absolute Gasteiger partial charge is 0.161 e. The highest BCUT2D eigenvalue weighted by Gasteiger charge is 2.12. The van der Waals surface area contributed by atoms with Crippen molar-refractivity contribution < 1.29 is 13.9 Å². The number of hydrogen-bond acceptors (Lipinski definition) is 5. The van der Waals surface area contributed by atoms with Crippen molar-refractivity contribution in [3.05, 3.63) is 78.0 Å². The van der Waals surface area contributed by atoms with E-state index in [1.165, 1.54) is 5.56 Å². The Morgan fingerprint density at radius 3 is 2.32 bits per heavy atom. The van der Waals surface area contributed by atoms with Gasteiger partial charge in [0.25, 0.3) is 0 Å². The molecule has 0 amide bonds. The average Bonchev–Trinajstić information content (AvgIpc) is 3.15. The summed E-state index contributed by atoms with van der Waals surface area (Å²) in [6, 6.07) is 14.0. The van der Waals surface area contributed by atoms with Gasteiger partial charge in [0.1, 0.15) is 5.76 Å². The molecule has 0 aliphatic carbocycles. The highest BCUT2D eigenvalue weighted by molar-refractivity contribution is 5.42. The van der Waals surface area contributed by atoms with E-state index < -0.39 is 0 Å². The molecule has 0 saturated carbocycles. The fourth-order valence-corrected chi connectivity index (χ4v) is 2.77. The summed E-state index contributed by atoms with van der Waals surface area (Å²) in [5, 5.41) is 0. The molecule has 5 nitrogen and oxygen atoms in total. The Morgan fingerprint density at radius 1 is 0.880 bits per heavy atom. The van der Waals surface area contributed by atoms with Crippen LogP contribution >= 0.6 is 0 Å². The zero-order valence-corrected chi connectivity index (χ0v) is 14.5. The van der Waals surface area contributed by atoms with E-state index in [0.29, 0.717) is 0 Å². The van der Waals surface area contributed by atoms with Crippen LogP contribution in [-0.4, -0.2) is 24.1 Å². The molecule has 3 aromatic rings. The summed E-state index contributed by atoms with van der Waals surface area (Å²) in [6.45, 7) is 2.30. The Morgan fingerprint density at radius 2 is 1.64 bits per heavy atom. The van der Waals surface area contributed by atoms with Gasteiger partial charge in [0.15, 0.2) is 11.5 Å². The highest BCUT2D eigenvalue weighted by Crippen LogP contribution is 2.28. The predicted octanol–water partition coefficient (Wildman–Crippen LogP) is 3.89. The Labute approximate surface area is 147 Å². The monoisotopic (exact) mass is 338 g/mol. The maximum atomic E-state index is 5.52. The lowest BCUT2D eigenvalue weighted by Gasteiger charge is -2.22. The van der Waals surface area contributed by atoms with Crippen LogP contribution in [0.2, 0.25) is 0 Å². The molecule has 5 heteroatoms. The van der Waals surface area contributed by atoms with E-state index in [4.69, 9.17) is 13.9 Å². The Bertz CT molecular complexity index is 773. The molecule has 0 spiro atoms. The lowest BCUT2D eigenvalue weighted by atomic mass is 10.1. The molecule has 130 valence electrons. The van der Waals surface area contributed by atoms with Gasteiger partial charge in [0.2, 0.25) is 0 Å². The van der Waals surface area contributed by atoms with Gasteiger partial charge < -0.3 is 13.9 Å². The first kappa shape index (κ1) is 17.0. The van der Waals surface area contributed by atoms with Gasteiger partial charge in [0.05, 0.1) is 27.0 Å². The third-order valence-corrected chi connectivity index (χ3v) is 3.97. The molecular weight excluding hydrogens is 316 g/mol. The molecule has 0 fully saturated rings. The number of nitrogens with zero attached hydrogens (tertiary/aromatic N) is 2. The van der Waals surface area contributed by atoms with E-state index >= 15 is 0 Å². The van der Waals surface area contributed by atoms with Crippen molar-refractivity contribution >= 4 is 0 Å². The summed E-state index contributed by atoms with van der Waals surface area (Å²) in [4.78, 5) is 6.40. The van der Waals surface area contributed by atoms with Gasteiger partial charge >= 0.3 is 0 Å². The molecule has 0 unspecified atom stereocenters. The minimum atomic E-state index is 0.726. The van der Waals surface area contributed by atoms with E-state index in [-0.39, 0.29) is 0 Å². The highest BCUT2D eigenvalue weighted by atomic mass is 16.5. The van der Waals surface area contributed by atoms with Crippen molar-refractivity contribution in [1.82, 2.24) is 9.88 Å². The molecule has 25 heavy (non-hydrogen) atoms. The van der Waals surface area contributed by atoms with Crippen molar-refractivity contribution in [3.63, 3.8) is 0 Å². The first-order chi connectivity index (χ1) is 12.3. The summed E-state index contributed by atoms with van der Waals surface area (Å²) in [5.74, 6) is 2.41. The molecule has 0 atom stereocenters. The van der Waals surface area contributed by atoms with Gasteiger partial charge in [-0.05, 0) is 47.5 Å². The van der Waals surface area contributed by atoms with Crippen LogP contribution in [-0.2, 0) is 19.6 Å². The van der Waals surface area contributed by atoms with E-state index in [9.17, 15) is 0 Å². The maximum Gasteiger partial charge on any atom is 0.161 e. The molecular formula is C20H22N2O3. The van der Waals surface area contributed by atoms with Crippen molar-refractivity contribution in [2.24, 2.45) is 0 Å². The van der Waals surface area contributed by atoms with Gasteiger partial charge in [-0.2, -0.15) is 0 Å². The molecule has 0 saturated heterocycles. The fourth-order valence-electron chi connectivity index (χ4n) is 2.77. The lowest BCUT2D eigenvalue weighted by Crippen LogP contribution is -2.22. The van der Waals surface area contributed by atoms with Crippen LogP contribution < -0.4 is 9.47 Å². The molecule has 0 aliphatic rings. The number of ether oxygens (including phenoxy) is 2. The van der Waals surface area contributed by atoms with Crippen LogP contribution in [0, 0.1) is 0 Å². The van der Waals surface area contributed by atoms with Crippen LogP contribution in [0.3, 0.4) is 0 Å². The van der Waals surface area contributed by atoms with Gasteiger partial charge in [0, 0.05) is 25.5 Å². The first-order valence-corrected chi connectivity index (χ1v) is 8.13.